The lowest BCUT2D eigenvalue weighted by Crippen LogP contribution is -2.33. The van der Waals surface area contributed by atoms with Crippen LogP contribution in [0.15, 0.2) is 48.5 Å². The molecule has 8 heteroatoms. The van der Waals surface area contributed by atoms with Crippen LogP contribution < -0.4 is 21.9 Å². The molecule has 1 saturated heterocycles. The van der Waals surface area contributed by atoms with E-state index in [1.54, 1.807) is 0 Å². The minimum absolute atomic E-state index is 0.0257. The number of nitrogens with zero attached hydrogens (tertiary/aromatic N) is 2. The van der Waals surface area contributed by atoms with E-state index in [9.17, 15) is 5.11 Å². The molecular formula is C22H27ClN6O. The summed E-state index contributed by atoms with van der Waals surface area (Å²) in [5.41, 5.74) is 17.3. The normalized spacial score (nSPS) is 14.5. The number of aliphatic hydroxyl groups excluding tert-OH is 1. The van der Waals surface area contributed by atoms with Crippen LogP contribution in [0, 0.1) is 0 Å². The Morgan fingerprint density at radius 1 is 1.07 bits per heavy atom. The molecule has 2 heterocycles. The molecule has 1 aromatic heterocycles. The van der Waals surface area contributed by atoms with Crippen LogP contribution in [0.4, 0.5) is 0 Å². The van der Waals surface area contributed by atoms with Crippen molar-refractivity contribution in [2.45, 2.75) is 45.5 Å². The zero-order valence-corrected chi connectivity index (χ0v) is 17.7. The Labute approximate surface area is 181 Å². The number of nitrogens with one attached hydrogen (secondary N) is 4. The summed E-state index contributed by atoms with van der Waals surface area (Å²) >= 11 is 6.27. The fraction of sp³-hybridized carbons (Fsp3) is 0.318. The molecule has 0 bridgehead atoms. The molecule has 2 aromatic carbocycles. The predicted molar refractivity (Wildman–Crippen MR) is 118 cm³/mol. The molecule has 1 aliphatic rings. The lowest BCUT2D eigenvalue weighted by atomic mass is 9.97. The molecule has 0 atom stereocenters. The summed E-state index contributed by atoms with van der Waals surface area (Å²) in [5.74, 6) is 0.929. The van der Waals surface area contributed by atoms with Crippen LogP contribution in [0.2, 0.25) is 5.15 Å². The van der Waals surface area contributed by atoms with Crippen molar-refractivity contribution in [3.63, 3.8) is 0 Å². The predicted octanol–water partition coefficient (Wildman–Crippen LogP) is 3.20. The van der Waals surface area contributed by atoms with Gasteiger partial charge in [0.1, 0.15) is 12.0 Å². The third-order valence-electron chi connectivity index (χ3n) is 5.38. The van der Waals surface area contributed by atoms with Crippen LogP contribution in [0.25, 0.3) is 11.1 Å². The molecule has 7 nitrogen and oxygen atoms in total. The van der Waals surface area contributed by atoms with Crippen molar-refractivity contribution in [2.24, 2.45) is 0 Å². The fourth-order valence-corrected chi connectivity index (χ4v) is 4.02. The lowest BCUT2D eigenvalue weighted by molar-refractivity contribution is 0.271. The van der Waals surface area contributed by atoms with Crippen LogP contribution in [0.5, 0.6) is 0 Å². The molecule has 5 N–H and O–H groups in total. The van der Waals surface area contributed by atoms with E-state index in [1.807, 2.05) is 16.7 Å². The van der Waals surface area contributed by atoms with Gasteiger partial charge in [0, 0.05) is 13.0 Å². The summed E-state index contributed by atoms with van der Waals surface area (Å²) in [4.78, 5) is 4.48. The second-order valence-electron chi connectivity index (χ2n) is 7.37. The van der Waals surface area contributed by atoms with E-state index in [-0.39, 0.29) is 12.8 Å². The number of hydrogen-bond acceptors (Lipinski definition) is 6. The fourth-order valence-electron chi connectivity index (χ4n) is 3.76. The lowest BCUT2D eigenvalue weighted by Gasteiger charge is -2.16. The van der Waals surface area contributed by atoms with Gasteiger partial charge in [-0.2, -0.15) is 11.1 Å². The molecule has 0 radical (unpaired) electrons. The van der Waals surface area contributed by atoms with Crippen molar-refractivity contribution < 1.29 is 5.11 Å². The van der Waals surface area contributed by atoms with Crippen molar-refractivity contribution in [1.29, 1.82) is 0 Å². The molecule has 3 aromatic rings. The number of aromatic nitrogens is 2. The van der Waals surface area contributed by atoms with Crippen molar-refractivity contribution >= 4 is 11.6 Å². The van der Waals surface area contributed by atoms with E-state index < -0.39 is 0 Å². The van der Waals surface area contributed by atoms with Crippen LogP contribution in [-0.2, 0) is 19.6 Å². The largest absolute Gasteiger partial charge is 0.390 e. The summed E-state index contributed by atoms with van der Waals surface area (Å²) in [6, 6.07) is 16.8. The van der Waals surface area contributed by atoms with E-state index in [0.717, 1.165) is 47.3 Å². The first-order valence-corrected chi connectivity index (χ1v) is 10.6. The van der Waals surface area contributed by atoms with E-state index in [1.165, 1.54) is 0 Å². The third-order valence-corrected chi connectivity index (χ3v) is 5.68. The highest BCUT2D eigenvalue weighted by Crippen LogP contribution is 2.28. The van der Waals surface area contributed by atoms with Crippen molar-refractivity contribution in [1.82, 2.24) is 31.5 Å². The van der Waals surface area contributed by atoms with Gasteiger partial charge in [-0.15, -0.1) is 0 Å². The Bertz CT molecular complexity index is 982. The standard InChI is InChI=1S/C22H27ClN6O/c1-2-3-8-20-24-21(23)19(14-30)29(20)13-15-9-11-16(12-10-15)17-6-4-5-7-18(17)22-25-27-28-26-22/h4-7,9-12,22,25-28,30H,2-3,8,13-14H2,1H3. The van der Waals surface area contributed by atoms with Crippen LogP contribution in [0.1, 0.15) is 48.6 Å². The SMILES string of the molecule is CCCCc1nc(Cl)c(CO)n1Cc1ccc(-c2ccccc2C2NNNN2)cc1. The van der Waals surface area contributed by atoms with E-state index >= 15 is 0 Å². The quantitative estimate of drug-likeness (QED) is 0.380. The van der Waals surface area contributed by atoms with E-state index in [4.69, 9.17) is 11.6 Å². The van der Waals surface area contributed by atoms with Gasteiger partial charge >= 0.3 is 0 Å². The highest BCUT2D eigenvalue weighted by molar-refractivity contribution is 6.30. The average Bonchev–Trinajstić information content (AvgIpc) is 3.41. The zero-order valence-electron chi connectivity index (χ0n) is 17.0. The van der Waals surface area contributed by atoms with Crippen LogP contribution >= 0.6 is 11.6 Å². The summed E-state index contributed by atoms with van der Waals surface area (Å²) in [7, 11) is 0. The molecular weight excluding hydrogens is 400 g/mol. The van der Waals surface area contributed by atoms with Gasteiger partial charge < -0.3 is 9.67 Å². The molecule has 30 heavy (non-hydrogen) atoms. The maximum atomic E-state index is 9.78. The molecule has 1 fully saturated rings. The molecule has 4 rings (SSSR count). The van der Waals surface area contributed by atoms with Gasteiger partial charge in [0.25, 0.3) is 0 Å². The highest BCUT2D eigenvalue weighted by atomic mass is 35.5. The van der Waals surface area contributed by atoms with Gasteiger partial charge in [-0.25, -0.2) is 15.8 Å². The first-order chi connectivity index (χ1) is 14.7. The summed E-state index contributed by atoms with van der Waals surface area (Å²) < 4.78 is 2.05. The second-order valence-corrected chi connectivity index (χ2v) is 7.73. The molecule has 158 valence electrons. The first-order valence-electron chi connectivity index (χ1n) is 10.2. The molecule has 0 amide bonds. The van der Waals surface area contributed by atoms with Gasteiger partial charge in [-0.05, 0) is 28.7 Å². The van der Waals surface area contributed by atoms with Crippen LogP contribution in [-0.4, -0.2) is 14.7 Å². The number of benzene rings is 2. The topological polar surface area (TPSA) is 86.2 Å². The Morgan fingerprint density at radius 2 is 1.80 bits per heavy atom. The number of hydrazine groups is 3. The summed E-state index contributed by atoms with van der Waals surface area (Å²) in [6.45, 7) is 2.67. The number of hydrogen-bond donors (Lipinski definition) is 5. The molecule has 0 unspecified atom stereocenters. The minimum atomic E-state index is -0.118. The van der Waals surface area contributed by atoms with Crippen molar-refractivity contribution in [3.8, 4) is 11.1 Å². The number of halogens is 1. The van der Waals surface area contributed by atoms with Gasteiger partial charge in [0.15, 0.2) is 5.15 Å². The van der Waals surface area contributed by atoms with E-state index in [2.05, 4.69) is 70.2 Å². The first kappa shape index (κ1) is 21.0. The summed E-state index contributed by atoms with van der Waals surface area (Å²) in [5, 5.41) is 10.2. The molecule has 0 saturated carbocycles. The molecule has 1 aliphatic heterocycles. The Balaban J connectivity index is 1.59. The second kappa shape index (κ2) is 9.70. The molecule has 0 spiro atoms. The smallest absolute Gasteiger partial charge is 0.152 e. The summed E-state index contributed by atoms with van der Waals surface area (Å²) in [6.07, 6.45) is 2.96. The number of rotatable bonds is 8. The minimum Gasteiger partial charge on any atom is -0.390 e. The third kappa shape index (κ3) is 4.41. The van der Waals surface area contributed by atoms with Gasteiger partial charge in [0.2, 0.25) is 0 Å². The number of aryl methyl sites for hydroxylation is 1. The van der Waals surface area contributed by atoms with Crippen LogP contribution in [0.3, 0.4) is 0 Å². The van der Waals surface area contributed by atoms with Gasteiger partial charge in [0.05, 0.1) is 12.3 Å². The highest BCUT2D eigenvalue weighted by Gasteiger charge is 2.19. The Morgan fingerprint density at radius 3 is 2.50 bits per heavy atom. The Hall–Kier alpha value is -2.26. The van der Waals surface area contributed by atoms with Crippen molar-refractivity contribution in [2.75, 3.05) is 0 Å². The van der Waals surface area contributed by atoms with Gasteiger partial charge in [-0.3, -0.25) is 0 Å². The average molecular weight is 427 g/mol. The molecule has 0 aliphatic carbocycles. The number of aliphatic hydroxyl groups is 1. The monoisotopic (exact) mass is 426 g/mol. The maximum Gasteiger partial charge on any atom is 0.152 e. The van der Waals surface area contributed by atoms with E-state index in [0.29, 0.717) is 17.4 Å². The zero-order chi connectivity index (χ0) is 20.9. The number of unbranched alkanes of at least 4 members (excludes halogenated alkanes) is 1. The number of imidazole rings is 1. The maximum absolute atomic E-state index is 9.78. The van der Waals surface area contributed by atoms with Crippen molar-refractivity contribution in [3.05, 3.63) is 76.3 Å². The Kier molecular flexibility index (Phi) is 6.79. The van der Waals surface area contributed by atoms with Gasteiger partial charge in [-0.1, -0.05) is 73.5 Å².